The van der Waals surface area contributed by atoms with E-state index in [1.165, 1.54) is 6.07 Å². The zero-order valence-electron chi connectivity index (χ0n) is 12.3. The molecule has 0 spiro atoms. The van der Waals surface area contributed by atoms with Gasteiger partial charge in [-0.25, -0.2) is 0 Å². The zero-order valence-corrected chi connectivity index (χ0v) is 12.3. The van der Waals surface area contributed by atoms with Crippen LogP contribution in [0.2, 0.25) is 0 Å². The van der Waals surface area contributed by atoms with Crippen LogP contribution in [-0.4, -0.2) is 27.0 Å². The Balaban J connectivity index is 2.82. The molecule has 2 aromatic rings. The minimum absolute atomic E-state index is 0.0450. The molecule has 0 aliphatic carbocycles. The number of nitrogens with zero attached hydrogens (tertiary/aromatic N) is 1. The van der Waals surface area contributed by atoms with E-state index in [0.29, 0.717) is 27.7 Å². The highest BCUT2D eigenvalue weighted by Crippen LogP contribution is 2.35. The van der Waals surface area contributed by atoms with Crippen LogP contribution in [0.15, 0.2) is 12.6 Å². The van der Waals surface area contributed by atoms with Crippen LogP contribution in [-0.2, 0) is 11.2 Å². The Morgan fingerprint density at radius 2 is 2.23 bits per heavy atom. The Labute approximate surface area is 126 Å². The molecule has 0 saturated carbocycles. The van der Waals surface area contributed by atoms with Crippen LogP contribution in [0.25, 0.3) is 17.0 Å². The first-order valence-corrected chi connectivity index (χ1v) is 6.67. The molecule has 1 heterocycles. The van der Waals surface area contributed by atoms with Crippen molar-refractivity contribution in [2.75, 3.05) is 0 Å². The molecule has 22 heavy (non-hydrogen) atoms. The summed E-state index contributed by atoms with van der Waals surface area (Å²) >= 11 is 0. The van der Waals surface area contributed by atoms with Gasteiger partial charge in [-0.15, -0.1) is 0 Å². The lowest BCUT2D eigenvalue weighted by molar-refractivity contribution is -0.383. The molecule has 0 radical (unpaired) electrons. The Hall–Kier alpha value is -2.67. The lowest BCUT2D eigenvalue weighted by atomic mass is 9.96. The number of nitrogens with one attached hydrogen (secondary N) is 1. The van der Waals surface area contributed by atoms with E-state index in [-0.39, 0.29) is 12.1 Å². The number of aromatic amines is 1. The Kier molecular flexibility index (Phi) is 4.01. The number of aromatic nitrogens is 1. The molecule has 0 saturated heterocycles. The second-order valence-corrected chi connectivity index (χ2v) is 5.21. The molecule has 4 N–H and O–H groups in total. The first kappa shape index (κ1) is 15.7. The first-order chi connectivity index (χ1) is 10.3. The average Bonchev–Trinajstić information content (AvgIpc) is 2.75. The van der Waals surface area contributed by atoms with E-state index in [1.54, 1.807) is 19.9 Å². The van der Waals surface area contributed by atoms with Gasteiger partial charge in [-0.1, -0.05) is 12.7 Å². The smallest absolute Gasteiger partial charge is 0.320 e. The fourth-order valence-electron chi connectivity index (χ4n) is 2.67. The van der Waals surface area contributed by atoms with E-state index in [4.69, 9.17) is 10.8 Å². The number of benzene rings is 1. The topological polar surface area (TPSA) is 122 Å². The molecule has 0 fully saturated rings. The summed E-state index contributed by atoms with van der Waals surface area (Å²) in [5, 5.41) is 20.9. The van der Waals surface area contributed by atoms with Gasteiger partial charge in [0.05, 0.1) is 4.92 Å². The molecule has 0 amide bonds. The third-order valence-corrected chi connectivity index (χ3v) is 3.76. The predicted octanol–water partition coefficient (Wildman–Crippen LogP) is 2.29. The lowest BCUT2D eigenvalue weighted by Gasteiger charge is -2.09. The van der Waals surface area contributed by atoms with E-state index >= 15 is 0 Å². The van der Waals surface area contributed by atoms with Crippen molar-refractivity contribution < 1.29 is 14.8 Å². The molecule has 1 aromatic carbocycles. The maximum Gasteiger partial charge on any atom is 0.320 e. The number of nitrogens with two attached hydrogens (primary N) is 1. The highest BCUT2D eigenvalue weighted by Gasteiger charge is 2.24. The number of nitro groups is 1. The van der Waals surface area contributed by atoms with Crippen molar-refractivity contribution in [3.8, 4) is 0 Å². The van der Waals surface area contributed by atoms with Crippen LogP contribution in [0.3, 0.4) is 0 Å². The molecule has 1 aromatic heterocycles. The highest BCUT2D eigenvalue weighted by atomic mass is 16.6. The van der Waals surface area contributed by atoms with Crippen molar-refractivity contribution >= 4 is 28.6 Å². The van der Waals surface area contributed by atoms with E-state index in [2.05, 4.69) is 11.6 Å². The number of rotatable bonds is 5. The molecule has 116 valence electrons. The summed E-state index contributed by atoms with van der Waals surface area (Å²) in [5.41, 5.74) is 8.74. The van der Waals surface area contributed by atoms with Gasteiger partial charge in [0.15, 0.2) is 0 Å². The van der Waals surface area contributed by atoms with Crippen LogP contribution in [0.4, 0.5) is 5.69 Å². The van der Waals surface area contributed by atoms with Gasteiger partial charge in [0.1, 0.15) is 11.6 Å². The number of H-pyrrole nitrogens is 1. The highest BCUT2D eigenvalue weighted by molar-refractivity contribution is 5.99. The molecule has 1 unspecified atom stereocenters. The standard InChI is InChI=1S/C15H17N3O4/c1-4-9-7(2)5-12(18(21)22)14-13(9)10(8(3)17-14)6-11(16)15(19)20/h4-5,11,17H,1,6,16H2,2-3H3,(H,19,20). The van der Waals surface area contributed by atoms with E-state index in [9.17, 15) is 14.9 Å². The normalized spacial score (nSPS) is 12.3. The number of carboxylic acids is 1. The van der Waals surface area contributed by atoms with Gasteiger partial charge in [-0.3, -0.25) is 14.9 Å². The number of nitro benzene ring substituents is 1. The zero-order chi connectivity index (χ0) is 16.6. The number of aryl methyl sites for hydroxylation is 2. The van der Waals surface area contributed by atoms with Crippen LogP contribution >= 0.6 is 0 Å². The van der Waals surface area contributed by atoms with Crippen molar-refractivity contribution in [2.45, 2.75) is 26.3 Å². The summed E-state index contributed by atoms with van der Waals surface area (Å²) in [4.78, 5) is 24.8. The van der Waals surface area contributed by atoms with E-state index in [1.807, 2.05) is 0 Å². The number of carboxylic acid groups (broad SMARTS) is 1. The fourth-order valence-corrected chi connectivity index (χ4v) is 2.67. The molecular weight excluding hydrogens is 286 g/mol. The quantitative estimate of drug-likeness (QED) is 0.577. The summed E-state index contributed by atoms with van der Waals surface area (Å²) in [6, 6.07) is 0.408. The van der Waals surface area contributed by atoms with Gasteiger partial charge < -0.3 is 15.8 Å². The van der Waals surface area contributed by atoms with Crippen molar-refractivity contribution in [2.24, 2.45) is 5.73 Å². The Bertz CT molecular complexity index is 792. The monoisotopic (exact) mass is 303 g/mol. The molecular formula is C15H17N3O4. The second kappa shape index (κ2) is 5.61. The second-order valence-electron chi connectivity index (χ2n) is 5.21. The molecule has 7 nitrogen and oxygen atoms in total. The third-order valence-electron chi connectivity index (χ3n) is 3.76. The van der Waals surface area contributed by atoms with E-state index < -0.39 is 16.9 Å². The number of aliphatic carboxylic acids is 1. The van der Waals surface area contributed by atoms with Gasteiger partial charge in [-0.05, 0) is 30.5 Å². The van der Waals surface area contributed by atoms with Gasteiger partial charge in [0.2, 0.25) is 0 Å². The summed E-state index contributed by atoms with van der Waals surface area (Å²) in [6.45, 7) is 7.25. The third kappa shape index (κ3) is 2.46. The maximum absolute atomic E-state index is 11.3. The maximum atomic E-state index is 11.3. The summed E-state index contributed by atoms with van der Waals surface area (Å²) in [7, 11) is 0. The average molecular weight is 303 g/mol. The van der Waals surface area contributed by atoms with Crippen molar-refractivity contribution in [3.05, 3.63) is 45.1 Å². The van der Waals surface area contributed by atoms with Crippen LogP contribution in [0.5, 0.6) is 0 Å². The molecule has 1 atom stereocenters. The molecule has 7 heteroatoms. The first-order valence-electron chi connectivity index (χ1n) is 6.67. The summed E-state index contributed by atoms with van der Waals surface area (Å²) in [5.74, 6) is -1.11. The van der Waals surface area contributed by atoms with Crippen LogP contribution in [0.1, 0.15) is 22.4 Å². The van der Waals surface area contributed by atoms with Gasteiger partial charge >= 0.3 is 5.97 Å². The van der Waals surface area contributed by atoms with Crippen LogP contribution < -0.4 is 5.73 Å². The minimum atomic E-state index is -1.11. The molecule has 2 rings (SSSR count). The van der Waals surface area contributed by atoms with Crippen molar-refractivity contribution in [3.63, 3.8) is 0 Å². The number of carbonyl (C=O) groups is 1. The minimum Gasteiger partial charge on any atom is -0.480 e. The Morgan fingerprint density at radius 3 is 2.73 bits per heavy atom. The largest absolute Gasteiger partial charge is 0.480 e. The number of fused-ring (bicyclic) bond motifs is 1. The summed E-state index contributed by atoms with van der Waals surface area (Å²) in [6.07, 6.45) is 1.70. The van der Waals surface area contributed by atoms with E-state index in [0.717, 1.165) is 5.56 Å². The predicted molar refractivity (Wildman–Crippen MR) is 83.8 cm³/mol. The van der Waals surface area contributed by atoms with Crippen molar-refractivity contribution in [1.29, 1.82) is 0 Å². The summed E-state index contributed by atoms with van der Waals surface area (Å²) < 4.78 is 0. The van der Waals surface area contributed by atoms with Gasteiger partial charge in [0.25, 0.3) is 5.69 Å². The van der Waals surface area contributed by atoms with Gasteiger partial charge in [-0.2, -0.15) is 0 Å². The lowest BCUT2D eigenvalue weighted by Crippen LogP contribution is -2.32. The number of non-ortho nitro benzene ring substituents is 1. The molecule has 0 aliphatic rings. The molecule has 0 aliphatic heterocycles. The SMILES string of the molecule is C=Cc1c(C)cc([N+](=O)[O-])c2[nH]c(C)c(CC(N)C(=O)O)c12. The number of hydrogen-bond acceptors (Lipinski definition) is 4. The Morgan fingerprint density at radius 1 is 1.59 bits per heavy atom. The van der Waals surface area contributed by atoms with Gasteiger partial charge in [0, 0.05) is 23.6 Å². The van der Waals surface area contributed by atoms with Crippen molar-refractivity contribution in [1.82, 2.24) is 4.98 Å². The number of hydrogen-bond donors (Lipinski definition) is 3. The molecule has 0 bridgehead atoms. The fraction of sp³-hybridized carbons (Fsp3) is 0.267. The van der Waals surface area contributed by atoms with Crippen LogP contribution in [0, 0.1) is 24.0 Å².